The van der Waals surface area contributed by atoms with Crippen LogP contribution in [0, 0.1) is 11.8 Å². The summed E-state index contributed by atoms with van der Waals surface area (Å²) in [6, 6.07) is 5.27. The van der Waals surface area contributed by atoms with Gasteiger partial charge >= 0.3 is 0 Å². The Balaban J connectivity index is 1.76. The van der Waals surface area contributed by atoms with Crippen molar-refractivity contribution in [3.8, 4) is 0 Å². The molecule has 1 N–H and O–H groups in total. The van der Waals surface area contributed by atoms with E-state index in [-0.39, 0.29) is 17.9 Å². The van der Waals surface area contributed by atoms with Crippen molar-refractivity contribution in [3.05, 3.63) is 33.3 Å². The molecule has 3 rings (SSSR count). The van der Waals surface area contributed by atoms with E-state index < -0.39 is 0 Å². The van der Waals surface area contributed by atoms with Gasteiger partial charge < -0.3 is 10.0 Å². The van der Waals surface area contributed by atoms with Crippen LogP contribution >= 0.6 is 27.5 Å². The molecule has 2 fully saturated rings. The third-order valence-electron chi connectivity index (χ3n) is 4.27. The molecule has 1 amide bonds. The molecule has 5 heteroatoms. The number of hydrogen-bond acceptors (Lipinski definition) is 2. The maximum Gasteiger partial charge on any atom is 0.253 e. The van der Waals surface area contributed by atoms with Crippen molar-refractivity contribution < 1.29 is 9.90 Å². The fourth-order valence-electron chi connectivity index (χ4n) is 3.21. The van der Waals surface area contributed by atoms with Gasteiger partial charge in [0.25, 0.3) is 5.91 Å². The number of rotatable bonds is 1. The predicted octanol–water partition coefficient (Wildman–Crippen LogP) is 2.95. The fourth-order valence-corrected chi connectivity index (χ4v) is 3.64. The van der Waals surface area contributed by atoms with Crippen LogP contribution in [0.25, 0.3) is 0 Å². The van der Waals surface area contributed by atoms with Gasteiger partial charge in [0.1, 0.15) is 0 Å². The van der Waals surface area contributed by atoms with Crippen LogP contribution in [-0.4, -0.2) is 35.1 Å². The van der Waals surface area contributed by atoms with Gasteiger partial charge in [0, 0.05) is 29.0 Å². The molecule has 3 atom stereocenters. The Morgan fingerprint density at radius 2 is 2.16 bits per heavy atom. The van der Waals surface area contributed by atoms with Crippen molar-refractivity contribution in [2.45, 2.75) is 18.9 Å². The summed E-state index contributed by atoms with van der Waals surface area (Å²) in [5.74, 6) is 0.732. The van der Waals surface area contributed by atoms with Crippen LogP contribution in [0.15, 0.2) is 22.7 Å². The summed E-state index contributed by atoms with van der Waals surface area (Å²) >= 11 is 9.35. The number of nitrogens with zero attached hydrogens (tertiary/aromatic N) is 1. The van der Waals surface area contributed by atoms with Crippen LogP contribution in [0.5, 0.6) is 0 Å². The van der Waals surface area contributed by atoms with Crippen molar-refractivity contribution in [2.24, 2.45) is 11.8 Å². The van der Waals surface area contributed by atoms with Crippen LogP contribution in [0.4, 0.5) is 0 Å². The van der Waals surface area contributed by atoms with Crippen LogP contribution in [-0.2, 0) is 0 Å². The van der Waals surface area contributed by atoms with E-state index in [0.717, 1.165) is 23.9 Å². The van der Waals surface area contributed by atoms with Crippen LogP contribution in [0.2, 0.25) is 5.02 Å². The Morgan fingerprint density at radius 1 is 1.37 bits per heavy atom. The zero-order valence-electron chi connectivity index (χ0n) is 10.4. The minimum absolute atomic E-state index is 0.0102. The SMILES string of the molecule is O=C(c1ccc(Br)c(Cl)c1)N1CC2CCC(O)C2C1. The number of carbonyl (C=O) groups is 1. The van der Waals surface area contributed by atoms with Crippen molar-refractivity contribution in [1.29, 1.82) is 0 Å². The molecule has 1 saturated carbocycles. The molecule has 1 aliphatic carbocycles. The molecule has 3 unspecified atom stereocenters. The highest BCUT2D eigenvalue weighted by Crippen LogP contribution is 2.38. The summed E-state index contributed by atoms with van der Waals surface area (Å²) in [6.07, 6.45) is 1.66. The number of halogens is 2. The molecule has 1 saturated heterocycles. The van der Waals surface area contributed by atoms with E-state index in [9.17, 15) is 9.90 Å². The number of benzene rings is 1. The average molecular weight is 345 g/mol. The molecular formula is C14H15BrClNO2. The lowest BCUT2D eigenvalue weighted by molar-refractivity contribution is 0.0752. The summed E-state index contributed by atoms with van der Waals surface area (Å²) in [5.41, 5.74) is 0.614. The van der Waals surface area contributed by atoms with Gasteiger partial charge in [0.2, 0.25) is 0 Å². The molecule has 0 bridgehead atoms. The second kappa shape index (κ2) is 5.08. The smallest absolute Gasteiger partial charge is 0.253 e. The maximum absolute atomic E-state index is 12.4. The Hall–Kier alpha value is -0.580. The summed E-state index contributed by atoms with van der Waals surface area (Å²) in [6.45, 7) is 1.42. The lowest BCUT2D eigenvalue weighted by Crippen LogP contribution is -2.31. The number of hydrogen-bond donors (Lipinski definition) is 1. The monoisotopic (exact) mass is 343 g/mol. The van der Waals surface area contributed by atoms with E-state index in [1.807, 2.05) is 4.90 Å². The molecule has 0 spiro atoms. The van der Waals surface area contributed by atoms with Gasteiger partial charge in [-0.2, -0.15) is 0 Å². The molecule has 3 nitrogen and oxygen atoms in total. The molecule has 19 heavy (non-hydrogen) atoms. The second-order valence-electron chi connectivity index (χ2n) is 5.41. The Morgan fingerprint density at radius 3 is 2.84 bits per heavy atom. The first-order valence-electron chi connectivity index (χ1n) is 6.48. The van der Waals surface area contributed by atoms with Crippen molar-refractivity contribution in [3.63, 3.8) is 0 Å². The van der Waals surface area contributed by atoms with Gasteiger partial charge in [0.15, 0.2) is 0 Å². The molecular weight excluding hydrogens is 330 g/mol. The maximum atomic E-state index is 12.4. The van der Waals surface area contributed by atoms with Gasteiger partial charge in [-0.05, 0) is 52.9 Å². The van der Waals surface area contributed by atoms with Gasteiger partial charge in [-0.1, -0.05) is 11.6 Å². The van der Waals surface area contributed by atoms with Crippen molar-refractivity contribution in [1.82, 2.24) is 4.90 Å². The minimum atomic E-state index is -0.240. The molecule has 0 aromatic heterocycles. The van der Waals surface area contributed by atoms with E-state index in [1.54, 1.807) is 18.2 Å². The summed E-state index contributed by atoms with van der Waals surface area (Å²) < 4.78 is 0.791. The molecule has 1 heterocycles. The van der Waals surface area contributed by atoms with E-state index in [1.165, 1.54) is 0 Å². The Labute approximate surface area is 125 Å². The number of aliphatic hydroxyl groups is 1. The van der Waals surface area contributed by atoms with Gasteiger partial charge in [-0.3, -0.25) is 4.79 Å². The van der Waals surface area contributed by atoms with Crippen LogP contribution in [0.1, 0.15) is 23.2 Å². The topological polar surface area (TPSA) is 40.5 Å². The van der Waals surface area contributed by atoms with Gasteiger partial charge in [-0.25, -0.2) is 0 Å². The zero-order valence-corrected chi connectivity index (χ0v) is 12.7. The van der Waals surface area contributed by atoms with Crippen molar-refractivity contribution >= 4 is 33.4 Å². The summed E-state index contributed by atoms with van der Waals surface area (Å²) in [7, 11) is 0. The first-order valence-corrected chi connectivity index (χ1v) is 7.66. The molecule has 1 aromatic rings. The number of amides is 1. The van der Waals surface area contributed by atoms with E-state index in [0.29, 0.717) is 23.0 Å². The molecule has 1 aliphatic heterocycles. The predicted molar refractivity (Wildman–Crippen MR) is 77.3 cm³/mol. The third-order valence-corrected chi connectivity index (χ3v) is 5.51. The number of carbonyl (C=O) groups excluding carboxylic acids is 1. The second-order valence-corrected chi connectivity index (χ2v) is 6.67. The van der Waals surface area contributed by atoms with Crippen LogP contribution in [0.3, 0.4) is 0 Å². The molecule has 2 aliphatic rings. The highest BCUT2D eigenvalue weighted by molar-refractivity contribution is 9.10. The fraction of sp³-hybridized carbons (Fsp3) is 0.500. The largest absolute Gasteiger partial charge is 0.393 e. The first-order chi connectivity index (χ1) is 9.06. The van der Waals surface area contributed by atoms with Gasteiger partial charge in [-0.15, -0.1) is 0 Å². The minimum Gasteiger partial charge on any atom is -0.393 e. The zero-order chi connectivity index (χ0) is 13.6. The Bertz CT molecular complexity index is 522. The lowest BCUT2D eigenvalue weighted by Gasteiger charge is -2.18. The first kappa shape index (κ1) is 13.4. The normalized spacial score (nSPS) is 29.6. The van der Waals surface area contributed by atoms with E-state index in [4.69, 9.17) is 11.6 Å². The van der Waals surface area contributed by atoms with Crippen LogP contribution < -0.4 is 0 Å². The van der Waals surface area contributed by atoms with Crippen molar-refractivity contribution in [2.75, 3.05) is 13.1 Å². The number of likely N-dealkylation sites (tertiary alicyclic amines) is 1. The molecule has 102 valence electrons. The standard InChI is InChI=1S/C14H15BrClNO2/c15-11-3-1-8(5-12(11)16)14(19)17-6-9-2-4-13(18)10(9)7-17/h1,3,5,9-10,13,18H,2,4,6-7H2. The van der Waals surface area contributed by atoms with E-state index >= 15 is 0 Å². The highest BCUT2D eigenvalue weighted by atomic mass is 79.9. The number of fused-ring (bicyclic) bond motifs is 1. The average Bonchev–Trinajstić information content (AvgIpc) is 2.95. The summed E-state index contributed by atoms with van der Waals surface area (Å²) in [5, 5.41) is 10.4. The molecule has 1 aromatic carbocycles. The quantitative estimate of drug-likeness (QED) is 0.851. The lowest BCUT2D eigenvalue weighted by atomic mass is 10.00. The third kappa shape index (κ3) is 2.41. The Kier molecular flexibility index (Phi) is 3.58. The summed E-state index contributed by atoms with van der Waals surface area (Å²) in [4.78, 5) is 14.3. The molecule has 0 radical (unpaired) electrons. The van der Waals surface area contributed by atoms with Gasteiger partial charge in [0.05, 0.1) is 11.1 Å². The highest BCUT2D eigenvalue weighted by Gasteiger charge is 2.43. The van der Waals surface area contributed by atoms with E-state index in [2.05, 4.69) is 15.9 Å². The number of aliphatic hydroxyl groups excluding tert-OH is 1.